The number of rotatable bonds is 2. The molecule has 0 heterocycles. The molecule has 76 valence electrons. The molecule has 0 amide bonds. The van der Waals surface area contributed by atoms with Crippen LogP contribution in [0.5, 0.6) is 0 Å². The molecule has 0 bridgehead atoms. The van der Waals surface area contributed by atoms with E-state index in [9.17, 15) is 0 Å². The van der Waals surface area contributed by atoms with Gasteiger partial charge in [-0.3, -0.25) is 0 Å². The van der Waals surface area contributed by atoms with Gasteiger partial charge in [-0.1, -0.05) is 40.9 Å². The molecular weight excluding hydrogens is 238 g/mol. The summed E-state index contributed by atoms with van der Waals surface area (Å²) in [5.41, 5.74) is 7.51. The van der Waals surface area contributed by atoms with Crippen molar-refractivity contribution >= 4 is 15.9 Å². The number of benzene rings is 1. The quantitative estimate of drug-likeness (QED) is 0.856. The van der Waals surface area contributed by atoms with Crippen LogP contribution in [0.3, 0.4) is 0 Å². The summed E-state index contributed by atoms with van der Waals surface area (Å²) < 4.78 is 1.12. The van der Waals surface area contributed by atoms with Crippen molar-refractivity contribution in [3.8, 4) is 0 Å². The lowest BCUT2D eigenvalue weighted by atomic mass is 9.93. The smallest absolute Gasteiger partial charge is 0.0323 e. The fraction of sp³-hybridized carbons (Fsp3) is 0.500. The zero-order chi connectivity index (χ0) is 9.97. The first-order valence-electron chi connectivity index (χ1n) is 5.28. The van der Waals surface area contributed by atoms with Gasteiger partial charge >= 0.3 is 0 Å². The second-order valence-corrected chi connectivity index (χ2v) is 5.04. The molecule has 1 aliphatic carbocycles. The fourth-order valence-corrected chi connectivity index (χ4v) is 2.54. The normalized spacial score (nSPS) is 19.9. The molecule has 1 atom stereocenters. The molecule has 2 N–H and O–H groups in total. The van der Waals surface area contributed by atoms with Crippen LogP contribution in [-0.2, 0) is 0 Å². The third-order valence-electron chi connectivity index (χ3n) is 3.16. The van der Waals surface area contributed by atoms with Crippen molar-refractivity contribution in [2.75, 3.05) is 0 Å². The molecule has 2 heteroatoms. The second-order valence-electron chi connectivity index (χ2n) is 4.12. The molecule has 0 aliphatic heterocycles. The van der Waals surface area contributed by atoms with Crippen molar-refractivity contribution < 1.29 is 0 Å². The average Bonchev–Trinajstić information content (AvgIpc) is 2.71. The monoisotopic (exact) mass is 253 g/mol. The van der Waals surface area contributed by atoms with Crippen LogP contribution in [0.4, 0.5) is 0 Å². The van der Waals surface area contributed by atoms with Crippen LogP contribution in [0.25, 0.3) is 0 Å². The highest BCUT2D eigenvalue weighted by Gasteiger charge is 2.22. The molecule has 1 unspecified atom stereocenters. The summed E-state index contributed by atoms with van der Waals surface area (Å²) in [7, 11) is 0. The maximum absolute atomic E-state index is 6.24. The predicted molar refractivity (Wildman–Crippen MR) is 63.0 cm³/mol. The van der Waals surface area contributed by atoms with Crippen molar-refractivity contribution in [3.63, 3.8) is 0 Å². The Morgan fingerprint density at radius 2 is 1.71 bits per heavy atom. The first-order chi connectivity index (χ1) is 6.77. The Morgan fingerprint density at radius 1 is 1.14 bits per heavy atom. The van der Waals surface area contributed by atoms with Crippen molar-refractivity contribution in [2.45, 2.75) is 31.7 Å². The summed E-state index contributed by atoms with van der Waals surface area (Å²) in [5.74, 6) is 0.705. The number of nitrogens with two attached hydrogens (primary N) is 1. The van der Waals surface area contributed by atoms with Gasteiger partial charge in [-0.05, 0) is 36.5 Å². The van der Waals surface area contributed by atoms with E-state index in [2.05, 4.69) is 40.2 Å². The molecule has 0 radical (unpaired) electrons. The van der Waals surface area contributed by atoms with E-state index in [0.29, 0.717) is 5.92 Å². The predicted octanol–water partition coefficient (Wildman–Crippen LogP) is 3.64. The maximum Gasteiger partial charge on any atom is 0.0323 e. The summed E-state index contributed by atoms with van der Waals surface area (Å²) >= 11 is 3.44. The van der Waals surface area contributed by atoms with Gasteiger partial charge in [0.1, 0.15) is 0 Å². The van der Waals surface area contributed by atoms with Gasteiger partial charge < -0.3 is 5.73 Å². The van der Waals surface area contributed by atoms with Gasteiger partial charge in [0, 0.05) is 10.5 Å². The highest BCUT2D eigenvalue weighted by atomic mass is 79.9. The topological polar surface area (TPSA) is 26.0 Å². The number of halogens is 1. The largest absolute Gasteiger partial charge is 0.324 e. The molecule has 1 saturated carbocycles. The first-order valence-corrected chi connectivity index (χ1v) is 6.08. The van der Waals surface area contributed by atoms with Gasteiger partial charge in [0.15, 0.2) is 0 Å². The molecule has 0 saturated heterocycles. The van der Waals surface area contributed by atoms with Gasteiger partial charge in [-0.2, -0.15) is 0 Å². The van der Waals surface area contributed by atoms with Crippen molar-refractivity contribution in [2.24, 2.45) is 11.7 Å². The molecule has 1 nitrogen and oxygen atoms in total. The van der Waals surface area contributed by atoms with E-state index in [1.807, 2.05) is 0 Å². The minimum atomic E-state index is 0.241. The lowest BCUT2D eigenvalue weighted by molar-refractivity contribution is 0.445. The van der Waals surface area contributed by atoms with E-state index in [4.69, 9.17) is 5.73 Å². The standard InChI is InChI=1S/C12H16BrN/c13-11-7-5-10(6-8-11)12(14)9-3-1-2-4-9/h5-9,12H,1-4,14H2. The summed E-state index contributed by atoms with van der Waals surface area (Å²) in [6.45, 7) is 0. The summed E-state index contributed by atoms with van der Waals surface area (Å²) in [6.07, 6.45) is 5.32. The molecule has 2 rings (SSSR count). The Bertz CT molecular complexity index is 288. The van der Waals surface area contributed by atoms with Crippen LogP contribution in [0, 0.1) is 5.92 Å². The molecule has 1 aromatic carbocycles. The first kappa shape index (κ1) is 10.2. The Kier molecular flexibility index (Phi) is 3.24. The van der Waals surface area contributed by atoms with E-state index in [0.717, 1.165) is 4.47 Å². The maximum atomic E-state index is 6.24. The van der Waals surface area contributed by atoms with Crippen LogP contribution >= 0.6 is 15.9 Å². The molecule has 1 aromatic rings. The van der Waals surface area contributed by atoms with Gasteiger partial charge in [0.2, 0.25) is 0 Å². The van der Waals surface area contributed by atoms with Crippen LogP contribution < -0.4 is 5.73 Å². The van der Waals surface area contributed by atoms with Gasteiger partial charge in [-0.25, -0.2) is 0 Å². The minimum Gasteiger partial charge on any atom is -0.324 e. The van der Waals surface area contributed by atoms with Crippen LogP contribution in [0.1, 0.15) is 37.3 Å². The van der Waals surface area contributed by atoms with Gasteiger partial charge in [0.05, 0.1) is 0 Å². The molecule has 14 heavy (non-hydrogen) atoms. The van der Waals surface area contributed by atoms with Crippen LogP contribution in [0.15, 0.2) is 28.7 Å². The SMILES string of the molecule is NC(c1ccc(Br)cc1)C1CCCC1. The highest BCUT2D eigenvalue weighted by molar-refractivity contribution is 9.10. The fourth-order valence-electron chi connectivity index (χ4n) is 2.27. The average molecular weight is 254 g/mol. The van der Waals surface area contributed by atoms with Gasteiger partial charge in [0.25, 0.3) is 0 Å². The van der Waals surface area contributed by atoms with E-state index < -0.39 is 0 Å². The summed E-state index contributed by atoms with van der Waals surface area (Å²) in [5, 5.41) is 0. The summed E-state index contributed by atoms with van der Waals surface area (Å²) in [6, 6.07) is 8.65. The molecule has 0 spiro atoms. The third-order valence-corrected chi connectivity index (χ3v) is 3.69. The van der Waals surface area contributed by atoms with E-state index in [1.54, 1.807) is 0 Å². The molecular formula is C12H16BrN. The van der Waals surface area contributed by atoms with Crippen molar-refractivity contribution in [3.05, 3.63) is 34.3 Å². The zero-order valence-corrected chi connectivity index (χ0v) is 9.83. The number of hydrogen-bond acceptors (Lipinski definition) is 1. The van der Waals surface area contributed by atoms with Gasteiger partial charge in [-0.15, -0.1) is 0 Å². The third kappa shape index (κ3) is 2.18. The molecule has 1 fully saturated rings. The van der Waals surface area contributed by atoms with Crippen molar-refractivity contribution in [1.29, 1.82) is 0 Å². The zero-order valence-electron chi connectivity index (χ0n) is 8.25. The second kappa shape index (κ2) is 4.45. The van der Waals surface area contributed by atoms with Crippen molar-refractivity contribution in [1.82, 2.24) is 0 Å². The molecule has 1 aliphatic rings. The van der Waals surface area contributed by atoms with E-state index in [-0.39, 0.29) is 6.04 Å². The van der Waals surface area contributed by atoms with Crippen LogP contribution in [-0.4, -0.2) is 0 Å². The minimum absolute atomic E-state index is 0.241. The van der Waals surface area contributed by atoms with E-state index >= 15 is 0 Å². The Hall–Kier alpha value is -0.340. The Morgan fingerprint density at radius 3 is 2.29 bits per heavy atom. The lowest BCUT2D eigenvalue weighted by Crippen LogP contribution is -2.18. The lowest BCUT2D eigenvalue weighted by Gasteiger charge is -2.19. The summed E-state index contributed by atoms with van der Waals surface area (Å²) in [4.78, 5) is 0. The Labute approximate surface area is 93.8 Å². The Balaban J connectivity index is 2.09. The highest BCUT2D eigenvalue weighted by Crippen LogP contribution is 2.34. The van der Waals surface area contributed by atoms with E-state index in [1.165, 1.54) is 31.2 Å². The number of hydrogen-bond donors (Lipinski definition) is 1. The van der Waals surface area contributed by atoms with Crippen LogP contribution in [0.2, 0.25) is 0 Å². The molecule has 0 aromatic heterocycles.